The summed E-state index contributed by atoms with van der Waals surface area (Å²) in [7, 11) is 0. The number of rotatable bonds is 17. The van der Waals surface area contributed by atoms with Gasteiger partial charge in [0.05, 0.1) is 44.1 Å². The first-order valence-electron chi connectivity index (χ1n) is 17.1. The van der Waals surface area contributed by atoms with Gasteiger partial charge in [0.25, 0.3) is 5.91 Å². The van der Waals surface area contributed by atoms with E-state index in [1.165, 1.54) is 36.4 Å². The number of ether oxygens (including phenoxy) is 2. The topological polar surface area (TPSA) is 206 Å². The highest BCUT2D eigenvalue weighted by atomic mass is 32.2. The number of nitrogens with one attached hydrogen (secondary N) is 4. The van der Waals surface area contributed by atoms with Crippen LogP contribution in [0.15, 0.2) is 63.8 Å². The summed E-state index contributed by atoms with van der Waals surface area (Å²) < 4.78 is 16.9. The summed E-state index contributed by atoms with van der Waals surface area (Å²) >= 11 is 1.87. The van der Waals surface area contributed by atoms with Gasteiger partial charge in [0, 0.05) is 64.7 Å². The summed E-state index contributed by atoms with van der Waals surface area (Å²) in [6, 6.07) is 13.3. The second-order valence-electron chi connectivity index (χ2n) is 12.6. The molecule has 1 aliphatic carbocycles. The molecule has 4 amide bonds. The molecule has 0 bridgehead atoms. The summed E-state index contributed by atoms with van der Waals surface area (Å²) in [5.74, 6) is -0.652. The maximum atomic E-state index is 12.9. The average molecular weight is 733 g/mol. The number of thioether (sulfide) groups is 1. The van der Waals surface area contributed by atoms with Crippen molar-refractivity contribution < 1.29 is 43.3 Å². The zero-order valence-corrected chi connectivity index (χ0v) is 29.1. The number of unbranched alkanes of at least 4 members (excludes halogenated alkanes) is 1. The second kappa shape index (κ2) is 16.9. The number of hydrogen-bond donors (Lipinski definition) is 6. The predicted molar refractivity (Wildman–Crippen MR) is 194 cm³/mol. The van der Waals surface area contributed by atoms with E-state index in [1.54, 1.807) is 18.2 Å². The summed E-state index contributed by atoms with van der Waals surface area (Å²) in [6.07, 6.45) is 3.12. The number of carbonyl (C=O) groups excluding carboxylic acids is 3. The number of aromatic hydroxyl groups is 1. The highest BCUT2D eigenvalue weighted by Gasteiger charge is 2.42. The fourth-order valence-corrected chi connectivity index (χ4v) is 8.06. The van der Waals surface area contributed by atoms with Crippen molar-refractivity contribution >= 4 is 46.5 Å². The number of carboxylic acids is 1. The first-order valence-corrected chi connectivity index (χ1v) is 18.2. The van der Waals surface area contributed by atoms with Crippen molar-refractivity contribution in [3.05, 3.63) is 75.9 Å². The van der Waals surface area contributed by atoms with Crippen molar-refractivity contribution in [2.75, 3.05) is 45.3 Å². The van der Waals surface area contributed by atoms with Crippen molar-refractivity contribution in [3.63, 3.8) is 0 Å². The lowest BCUT2D eigenvalue weighted by Gasteiger charge is -2.17. The molecule has 15 heteroatoms. The standard InChI is InChI=1S/C37H40N4O10S/c42-22-6-9-25-29(18-22)51-30-19-23(43)7-10-26(30)33(25)24-8-5-21(17-27(24)36(46)47)35(45)39-12-14-50-16-15-49-13-11-38-32(44)4-2-1-3-31-34-28(20-52-31)40-37(48)41-34/h5-10,17-19,28,31,34,42H,1-4,11-16,20H2,(H,38,44)(H,39,45)(H,46,47)(H2,40,41,48)/t28-,31-,34-/m1/s1. The first kappa shape index (κ1) is 36.7. The molecule has 52 heavy (non-hydrogen) atoms. The Morgan fingerprint density at radius 1 is 0.885 bits per heavy atom. The van der Waals surface area contributed by atoms with E-state index in [4.69, 9.17) is 13.9 Å². The van der Waals surface area contributed by atoms with Crippen LogP contribution in [0.2, 0.25) is 0 Å². The van der Waals surface area contributed by atoms with Gasteiger partial charge in [0.1, 0.15) is 17.1 Å². The minimum Gasteiger partial charge on any atom is -0.508 e. The number of fused-ring (bicyclic) bond motifs is 3. The van der Waals surface area contributed by atoms with E-state index >= 15 is 0 Å². The lowest BCUT2D eigenvalue weighted by molar-refractivity contribution is -0.121. The van der Waals surface area contributed by atoms with Gasteiger partial charge in [0.2, 0.25) is 5.91 Å². The van der Waals surface area contributed by atoms with Crippen LogP contribution in [0.4, 0.5) is 4.79 Å². The second-order valence-corrected chi connectivity index (χ2v) is 13.9. The van der Waals surface area contributed by atoms with Crippen molar-refractivity contribution in [2.24, 2.45) is 0 Å². The Kier molecular flexibility index (Phi) is 11.9. The van der Waals surface area contributed by atoms with Gasteiger partial charge in [-0.25, -0.2) is 9.59 Å². The van der Waals surface area contributed by atoms with E-state index in [-0.39, 0.29) is 77.4 Å². The molecule has 3 heterocycles. The highest BCUT2D eigenvalue weighted by molar-refractivity contribution is 8.00. The van der Waals surface area contributed by atoms with Gasteiger partial charge in [-0.15, -0.1) is 0 Å². The number of phenols is 1. The number of aromatic carboxylic acids is 1. The third-order valence-electron chi connectivity index (χ3n) is 9.01. The number of phenolic OH excluding ortho intramolecular Hbond substituents is 1. The minimum absolute atomic E-state index is 0.0217. The van der Waals surface area contributed by atoms with Crippen LogP contribution in [0.5, 0.6) is 5.75 Å². The molecule has 0 radical (unpaired) electrons. The lowest BCUT2D eigenvalue weighted by Crippen LogP contribution is -2.36. The Labute approximate surface area is 303 Å². The summed E-state index contributed by atoms with van der Waals surface area (Å²) in [6.45, 7) is 1.72. The zero-order valence-electron chi connectivity index (χ0n) is 28.3. The van der Waals surface area contributed by atoms with Crippen LogP contribution in [0.1, 0.15) is 46.4 Å². The van der Waals surface area contributed by atoms with Gasteiger partial charge >= 0.3 is 12.0 Å². The molecule has 3 atom stereocenters. The molecule has 274 valence electrons. The molecule has 4 aliphatic rings. The maximum Gasteiger partial charge on any atom is 0.336 e. The van der Waals surface area contributed by atoms with Gasteiger partial charge in [-0.3, -0.25) is 14.4 Å². The van der Waals surface area contributed by atoms with E-state index in [0.29, 0.717) is 53.5 Å². The summed E-state index contributed by atoms with van der Waals surface area (Å²) in [5, 5.41) is 32.6. The molecule has 6 N–H and O–H groups in total. The molecule has 2 saturated heterocycles. The number of urea groups is 1. The average Bonchev–Trinajstić information content (AvgIpc) is 3.68. The Balaban J connectivity index is 0.893. The molecule has 0 saturated carbocycles. The molecule has 14 nitrogen and oxygen atoms in total. The summed E-state index contributed by atoms with van der Waals surface area (Å²) in [4.78, 5) is 61.0. The largest absolute Gasteiger partial charge is 0.508 e. The van der Waals surface area contributed by atoms with Gasteiger partial charge in [-0.2, -0.15) is 11.8 Å². The number of carboxylic acid groups (broad SMARTS) is 1. The van der Waals surface area contributed by atoms with Crippen LogP contribution >= 0.6 is 11.8 Å². The predicted octanol–water partition coefficient (Wildman–Crippen LogP) is 3.57. The van der Waals surface area contributed by atoms with Crippen LogP contribution in [0, 0.1) is 0 Å². The van der Waals surface area contributed by atoms with Gasteiger partial charge in [0.15, 0.2) is 5.43 Å². The highest BCUT2D eigenvalue weighted by Crippen LogP contribution is 2.42. The number of hydrogen-bond acceptors (Lipinski definition) is 10. The van der Waals surface area contributed by atoms with Crippen LogP contribution in [0.25, 0.3) is 33.4 Å². The smallest absolute Gasteiger partial charge is 0.336 e. The van der Waals surface area contributed by atoms with E-state index in [1.807, 2.05) is 11.8 Å². The van der Waals surface area contributed by atoms with Crippen LogP contribution in [-0.4, -0.2) is 96.6 Å². The SMILES string of the molecule is O=C(CCCC[C@H]1SC[C@H]2NC(=O)N[C@H]21)NCCOCCOCCNC(=O)c1ccc(-c2c3ccc(=O)cc-3oc3cc(O)ccc23)c(C(=O)O)c1. The quantitative estimate of drug-likeness (QED) is 0.0526. The Hall–Kier alpha value is -5.12. The minimum atomic E-state index is -1.25. The van der Waals surface area contributed by atoms with E-state index < -0.39 is 11.9 Å². The van der Waals surface area contributed by atoms with Gasteiger partial charge in [-0.05, 0) is 54.8 Å². The molecule has 2 fully saturated rings. The number of amides is 4. The van der Waals surface area contributed by atoms with E-state index in [0.717, 1.165) is 25.0 Å². The molecule has 3 aliphatic heterocycles. The monoisotopic (exact) mass is 732 g/mol. The number of benzene rings is 3. The zero-order chi connectivity index (χ0) is 36.6. The van der Waals surface area contributed by atoms with Crippen LogP contribution in [0.3, 0.4) is 0 Å². The van der Waals surface area contributed by atoms with Crippen LogP contribution < -0.4 is 26.7 Å². The maximum absolute atomic E-state index is 12.9. The van der Waals surface area contributed by atoms with E-state index in [2.05, 4.69) is 21.3 Å². The molecule has 2 aromatic rings. The number of carbonyl (C=O) groups is 4. The summed E-state index contributed by atoms with van der Waals surface area (Å²) in [5.41, 5.74) is 1.29. The van der Waals surface area contributed by atoms with Crippen molar-refractivity contribution in [2.45, 2.75) is 43.0 Å². The molecular weight excluding hydrogens is 692 g/mol. The fraction of sp³-hybridized carbons (Fsp3) is 0.378. The molecule has 0 aromatic heterocycles. The molecule has 6 rings (SSSR count). The molecule has 0 unspecified atom stereocenters. The van der Waals surface area contributed by atoms with Gasteiger partial charge < -0.3 is 45.4 Å². The fourth-order valence-electron chi connectivity index (χ4n) is 6.52. The molecular formula is C37H40N4O10S. The first-order chi connectivity index (χ1) is 25.2. The van der Waals surface area contributed by atoms with Crippen molar-refractivity contribution in [3.8, 4) is 28.2 Å². The molecule has 2 aromatic carbocycles. The van der Waals surface area contributed by atoms with Gasteiger partial charge in [-0.1, -0.05) is 12.5 Å². The van der Waals surface area contributed by atoms with E-state index in [9.17, 15) is 34.2 Å². The third kappa shape index (κ3) is 8.84. The van der Waals surface area contributed by atoms with Crippen LogP contribution in [-0.2, 0) is 14.3 Å². The normalized spacial score (nSPS) is 17.8. The Morgan fingerprint density at radius 2 is 1.65 bits per heavy atom. The van der Waals surface area contributed by atoms with Crippen molar-refractivity contribution in [1.29, 1.82) is 0 Å². The lowest BCUT2D eigenvalue weighted by atomic mass is 9.90. The van der Waals surface area contributed by atoms with Crippen molar-refractivity contribution in [1.82, 2.24) is 21.3 Å². The molecule has 0 spiro atoms. The Morgan fingerprint density at radius 3 is 2.44 bits per heavy atom. The Bertz CT molecular complexity index is 1980. The third-order valence-corrected chi connectivity index (χ3v) is 10.5.